The molecular formula is C40H39F2N8O6+. The first-order valence-electron chi connectivity index (χ1n) is 17.5. The van der Waals surface area contributed by atoms with Crippen molar-refractivity contribution in [3.05, 3.63) is 134 Å². The van der Waals surface area contributed by atoms with E-state index in [0.717, 1.165) is 6.07 Å². The van der Waals surface area contributed by atoms with Crippen LogP contribution >= 0.6 is 0 Å². The summed E-state index contributed by atoms with van der Waals surface area (Å²) in [5.41, 5.74) is 0.776. The van der Waals surface area contributed by atoms with Gasteiger partial charge < -0.3 is 34.0 Å². The largest absolute Gasteiger partial charge is 0.494 e. The van der Waals surface area contributed by atoms with Gasteiger partial charge in [-0.1, -0.05) is 29.3 Å². The van der Waals surface area contributed by atoms with E-state index in [4.69, 9.17) is 9.47 Å². The number of nitrogens with one attached hydrogen (secondary N) is 1. The van der Waals surface area contributed by atoms with Crippen LogP contribution in [0.3, 0.4) is 0 Å². The molecule has 0 saturated carbocycles. The van der Waals surface area contributed by atoms with Crippen LogP contribution in [0.1, 0.15) is 30.5 Å². The first kappa shape index (κ1) is 39.0. The number of allylic oxidation sites excluding steroid dienone is 1. The molecule has 1 unspecified atom stereocenters. The highest BCUT2D eigenvalue weighted by Crippen LogP contribution is 2.38. The summed E-state index contributed by atoms with van der Waals surface area (Å²) < 4.78 is 43.8. The van der Waals surface area contributed by atoms with Crippen LogP contribution in [-0.4, -0.2) is 82.3 Å². The number of carbonyl (C=O) groups excluding carboxylic acids is 1. The normalized spacial score (nSPS) is 13.4. The lowest BCUT2D eigenvalue weighted by atomic mass is 9.99. The average Bonchev–Trinajstić information content (AvgIpc) is 3.63. The number of benzene rings is 2. The maximum absolute atomic E-state index is 15.9. The molecule has 14 nitrogen and oxygen atoms in total. The summed E-state index contributed by atoms with van der Waals surface area (Å²) in [6.07, 6.45) is 9.66. The molecule has 1 aliphatic heterocycles. The molecule has 0 aliphatic carbocycles. The first-order chi connectivity index (χ1) is 26.8. The molecule has 288 valence electrons. The van der Waals surface area contributed by atoms with Crippen LogP contribution in [0.25, 0.3) is 22.0 Å². The molecular weight excluding hydrogens is 726 g/mol. The SMILES string of the molecule is COc1cc(OC)c(F)c(-c2cc3cnc(Nc4ccncn4)cc3n(C(C)c3cccc(CC(=O)/C=C/C[N+](C)(C)CC4=C([N+](=O)[O-])N=CC4)c3)c2=O)c1F. The Morgan fingerprint density at radius 2 is 1.82 bits per heavy atom. The zero-order valence-electron chi connectivity index (χ0n) is 31.3. The number of pyridine rings is 2. The van der Waals surface area contributed by atoms with Gasteiger partial charge in [-0.05, 0) is 47.3 Å². The standard InChI is InChI=1S/C40H38F2N8O6/c1-24(26-9-6-8-25(16-26)17-29(51)10-7-15-50(2,3)22-27-11-14-44-39(27)49(53)54)48-31-19-35(47-34-12-13-43-23-46-34)45-21-28(31)18-30(40(48)52)36-37(41)32(55-4)20-33(56-5)38(36)42/h6-10,12-14,16,18-21,23-24H,11,15,17,22H2,1-5H3/p+1/b10-7+. The van der Waals surface area contributed by atoms with Crippen LogP contribution in [0.15, 0.2) is 101 Å². The third-order valence-corrected chi connectivity index (χ3v) is 9.36. The van der Waals surface area contributed by atoms with Gasteiger partial charge in [0.25, 0.3) is 5.56 Å². The van der Waals surface area contributed by atoms with E-state index in [9.17, 15) is 19.7 Å². The minimum Gasteiger partial charge on any atom is -0.494 e. The number of likely N-dealkylation sites (N-methyl/N-ethyl adjacent to an activating group) is 1. The van der Waals surface area contributed by atoms with Crippen molar-refractivity contribution in [1.29, 1.82) is 0 Å². The lowest BCUT2D eigenvalue weighted by Gasteiger charge is -2.28. The molecule has 0 radical (unpaired) electrons. The van der Waals surface area contributed by atoms with Crippen LogP contribution < -0.4 is 20.3 Å². The third-order valence-electron chi connectivity index (χ3n) is 9.36. The topological polar surface area (TPSA) is 164 Å². The number of aliphatic imine (C=N–C) groups is 1. The van der Waals surface area contributed by atoms with E-state index in [-0.39, 0.29) is 35.1 Å². The number of ether oxygens (including phenoxy) is 2. The Morgan fingerprint density at radius 3 is 2.50 bits per heavy atom. The summed E-state index contributed by atoms with van der Waals surface area (Å²) in [6, 6.07) is 12.2. The van der Waals surface area contributed by atoms with Gasteiger partial charge in [-0.25, -0.2) is 23.7 Å². The Kier molecular flexibility index (Phi) is 11.4. The average molecular weight is 766 g/mol. The smallest absolute Gasteiger partial charge is 0.368 e. The summed E-state index contributed by atoms with van der Waals surface area (Å²) in [5, 5.41) is 14.8. The Bertz CT molecular complexity index is 2460. The number of carbonyl (C=O) groups is 1. The van der Waals surface area contributed by atoms with Crippen molar-refractivity contribution in [2.45, 2.75) is 25.8 Å². The molecule has 16 heteroatoms. The van der Waals surface area contributed by atoms with E-state index in [0.29, 0.717) is 63.2 Å². The van der Waals surface area contributed by atoms with Gasteiger partial charge in [0.1, 0.15) is 30.7 Å². The Labute approximate surface area is 320 Å². The van der Waals surface area contributed by atoms with E-state index in [1.54, 1.807) is 49.5 Å². The molecule has 1 aliphatic rings. The van der Waals surface area contributed by atoms with Gasteiger partial charge in [0.15, 0.2) is 28.9 Å². The highest BCUT2D eigenvalue weighted by molar-refractivity contribution is 5.91. The maximum Gasteiger partial charge on any atom is 0.368 e. The highest BCUT2D eigenvalue weighted by atomic mass is 19.1. The summed E-state index contributed by atoms with van der Waals surface area (Å²) >= 11 is 0. The van der Waals surface area contributed by atoms with Gasteiger partial charge in [0.05, 0.1) is 63.1 Å². The molecule has 3 aromatic heterocycles. The number of rotatable bonds is 15. The monoisotopic (exact) mass is 765 g/mol. The quantitative estimate of drug-likeness (QED) is 0.0561. The van der Waals surface area contributed by atoms with E-state index in [2.05, 4.69) is 25.3 Å². The molecule has 0 spiro atoms. The number of fused-ring (bicyclic) bond motifs is 1. The Hall–Kier alpha value is -6.68. The second-order valence-corrected chi connectivity index (χ2v) is 13.8. The highest BCUT2D eigenvalue weighted by Gasteiger charge is 2.29. The van der Waals surface area contributed by atoms with Crippen molar-refractivity contribution in [3.8, 4) is 22.6 Å². The Morgan fingerprint density at radius 1 is 1.07 bits per heavy atom. The summed E-state index contributed by atoms with van der Waals surface area (Å²) in [4.78, 5) is 55.0. The van der Waals surface area contributed by atoms with Crippen molar-refractivity contribution >= 4 is 34.5 Å². The summed E-state index contributed by atoms with van der Waals surface area (Å²) in [6.45, 7) is 2.63. The van der Waals surface area contributed by atoms with E-state index >= 15 is 8.78 Å². The predicted octanol–water partition coefficient (Wildman–Crippen LogP) is 6.21. The zero-order valence-corrected chi connectivity index (χ0v) is 31.3. The van der Waals surface area contributed by atoms with Gasteiger partial charge in [-0.15, -0.1) is 0 Å². The number of hydrogen-bond donors (Lipinski definition) is 1. The molecule has 5 aromatic rings. The Balaban J connectivity index is 1.34. The molecule has 1 atom stereocenters. The number of aromatic nitrogens is 4. The summed E-state index contributed by atoms with van der Waals surface area (Å²) in [5.74, 6) is -2.24. The number of methoxy groups -OCH3 is 2. The lowest BCUT2D eigenvalue weighted by Crippen LogP contribution is -2.41. The van der Waals surface area contributed by atoms with Gasteiger partial charge in [0, 0.05) is 42.8 Å². The number of nitrogens with zero attached hydrogens (tertiary/aromatic N) is 7. The van der Waals surface area contributed by atoms with Crippen molar-refractivity contribution in [2.75, 3.05) is 46.7 Å². The number of quaternary nitrogens is 1. The van der Waals surface area contributed by atoms with Gasteiger partial charge >= 0.3 is 5.82 Å². The zero-order chi connectivity index (χ0) is 40.1. The van der Waals surface area contributed by atoms with Crippen molar-refractivity contribution in [2.24, 2.45) is 4.99 Å². The number of nitro groups is 1. The van der Waals surface area contributed by atoms with Crippen LogP contribution in [0.4, 0.5) is 20.4 Å². The number of ketones is 1. The fraction of sp³-hybridized carbons (Fsp3) is 0.250. The van der Waals surface area contributed by atoms with E-state index < -0.39 is 33.7 Å². The molecule has 1 N–H and O–H groups in total. The van der Waals surface area contributed by atoms with Crippen molar-refractivity contribution < 1.29 is 32.5 Å². The number of anilines is 2. The molecule has 0 amide bonds. The van der Waals surface area contributed by atoms with Crippen LogP contribution in [0.2, 0.25) is 0 Å². The van der Waals surface area contributed by atoms with E-state index in [1.165, 1.54) is 49.7 Å². The maximum atomic E-state index is 15.9. The van der Waals surface area contributed by atoms with Gasteiger partial charge in [-0.2, -0.15) is 0 Å². The molecule has 0 bridgehead atoms. The number of hydrogen-bond acceptors (Lipinski definition) is 11. The van der Waals surface area contributed by atoms with Crippen LogP contribution in [0, 0.1) is 21.7 Å². The number of halogens is 2. The molecule has 2 aromatic carbocycles. The summed E-state index contributed by atoms with van der Waals surface area (Å²) in [7, 11) is 6.29. The van der Waals surface area contributed by atoms with Gasteiger partial charge in [0.2, 0.25) is 0 Å². The molecule has 4 heterocycles. The van der Waals surface area contributed by atoms with E-state index in [1.807, 2.05) is 20.2 Å². The third kappa shape index (κ3) is 8.34. The second kappa shape index (κ2) is 16.4. The predicted molar refractivity (Wildman–Crippen MR) is 207 cm³/mol. The minimum absolute atomic E-state index is 0.0571. The minimum atomic E-state index is -1.07. The molecule has 56 heavy (non-hydrogen) atoms. The molecule has 6 rings (SSSR count). The lowest BCUT2D eigenvalue weighted by molar-refractivity contribution is -0.880. The second-order valence-electron chi connectivity index (χ2n) is 13.8. The molecule has 0 fully saturated rings. The fourth-order valence-electron chi connectivity index (χ4n) is 6.64. The molecule has 0 saturated heterocycles. The van der Waals surface area contributed by atoms with Gasteiger partial charge in [-0.3, -0.25) is 9.59 Å². The van der Waals surface area contributed by atoms with Crippen LogP contribution in [0.5, 0.6) is 11.5 Å². The van der Waals surface area contributed by atoms with Crippen molar-refractivity contribution in [3.63, 3.8) is 0 Å². The van der Waals surface area contributed by atoms with Crippen LogP contribution in [-0.2, 0) is 11.2 Å². The van der Waals surface area contributed by atoms with Crippen molar-refractivity contribution in [1.82, 2.24) is 19.5 Å². The fourth-order valence-corrected chi connectivity index (χ4v) is 6.64. The first-order valence-corrected chi connectivity index (χ1v) is 17.5.